The van der Waals surface area contributed by atoms with Crippen molar-refractivity contribution >= 4 is 47.2 Å². The molecule has 7 nitrogen and oxygen atoms in total. The van der Waals surface area contributed by atoms with Gasteiger partial charge in [-0.2, -0.15) is 0 Å². The monoisotopic (exact) mass is 477 g/mol. The Morgan fingerprint density at radius 3 is 2.64 bits per heavy atom. The Morgan fingerprint density at radius 1 is 1.28 bits per heavy atom. The number of hydrogen-bond acceptors (Lipinski definition) is 5. The molecule has 0 aromatic carbocycles. The number of oxazole rings is 1. The molecule has 0 radical (unpaired) electrons. The summed E-state index contributed by atoms with van der Waals surface area (Å²) in [7, 11) is 1.71. The second-order valence-corrected chi connectivity index (χ2v) is 6.14. The maximum Gasteiger partial charge on any atom is 0.261 e. The largest absolute Gasteiger partial charge is 0.444 e. The molecule has 0 saturated carbocycles. The highest BCUT2D eigenvalue weighted by Gasteiger charge is 2.07. The Labute approximate surface area is 168 Å². The fraction of sp³-hybridized carbons (Fsp3) is 0.438. The molecule has 0 aliphatic carbocycles. The van der Waals surface area contributed by atoms with E-state index in [1.807, 2.05) is 31.4 Å². The third kappa shape index (κ3) is 7.02. The maximum absolute atomic E-state index is 11.8. The van der Waals surface area contributed by atoms with Gasteiger partial charge in [0.25, 0.3) is 5.91 Å². The third-order valence-corrected chi connectivity index (χ3v) is 4.25. The molecule has 1 amide bonds. The zero-order chi connectivity index (χ0) is 17.4. The molecule has 138 valence electrons. The Morgan fingerprint density at radius 2 is 2.04 bits per heavy atom. The van der Waals surface area contributed by atoms with Crippen molar-refractivity contribution < 1.29 is 9.21 Å². The highest BCUT2D eigenvalue weighted by atomic mass is 127. The number of amides is 1. The molecule has 9 heteroatoms. The van der Waals surface area contributed by atoms with Gasteiger partial charge in [-0.15, -0.1) is 35.3 Å². The Hall–Kier alpha value is -1.62. The molecule has 0 atom stereocenters. The molecule has 0 fully saturated rings. The fourth-order valence-corrected chi connectivity index (χ4v) is 2.63. The molecule has 0 aliphatic rings. The number of aliphatic imine (C=N–C) groups is 1. The number of nitrogens with one attached hydrogen (secondary N) is 3. The maximum atomic E-state index is 11.8. The van der Waals surface area contributed by atoms with Crippen LogP contribution in [0.3, 0.4) is 0 Å². The van der Waals surface area contributed by atoms with Crippen LogP contribution in [-0.4, -0.2) is 37.0 Å². The van der Waals surface area contributed by atoms with E-state index >= 15 is 0 Å². The van der Waals surface area contributed by atoms with Crippen LogP contribution in [0.5, 0.6) is 0 Å². The molecule has 2 aromatic heterocycles. The van der Waals surface area contributed by atoms with E-state index < -0.39 is 0 Å². The lowest BCUT2D eigenvalue weighted by molar-refractivity contribution is 0.0957. The Bertz CT molecular complexity index is 665. The molecule has 0 aliphatic heterocycles. The minimum absolute atomic E-state index is 0. The Kier molecular flexibility index (Phi) is 9.50. The number of nitrogens with zero attached hydrogens (tertiary/aromatic N) is 2. The number of carbonyl (C=O) groups is 1. The summed E-state index contributed by atoms with van der Waals surface area (Å²) < 4.78 is 5.51. The first-order valence-corrected chi connectivity index (χ1v) is 8.67. The van der Waals surface area contributed by atoms with Crippen LogP contribution >= 0.6 is 35.3 Å². The molecular weight excluding hydrogens is 453 g/mol. The van der Waals surface area contributed by atoms with E-state index in [1.165, 1.54) is 11.3 Å². The quantitative estimate of drug-likeness (QED) is 0.247. The van der Waals surface area contributed by atoms with Gasteiger partial charge < -0.3 is 20.4 Å². The van der Waals surface area contributed by atoms with Gasteiger partial charge in [0.15, 0.2) is 5.96 Å². The van der Waals surface area contributed by atoms with Gasteiger partial charge in [-0.25, -0.2) is 4.98 Å². The summed E-state index contributed by atoms with van der Waals surface area (Å²) in [5, 5.41) is 11.1. The van der Waals surface area contributed by atoms with Crippen molar-refractivity contribution in [2.75, 3.05) is 20.1 Å². The van der Waals surface area contributed by atoms with Crippen molar-refractivity contribution in [3.8, 4) is 0 Å². The summed E-state index contributed by atoms with van der Waals surface area (Å²) in [6.07, 6.45) is 0.801. The average molecular weight is 477 g/mol. The van der Waals surface area contributed by atoms with Gasteiger partial charge in [0, 0.05) is 20.1 Å². The lowest BCUT2D eigenvalue weighted by atomic mass is 10.4. The van der Waals surface area contributed by atoms with Crippen molar-refractivity contribution in [1.29, 1.82) is 0 Å². The molecule has 2 aromatic rings. The number of halogens is 1. The van der Waals surface area contributed by atoms with Gasteiger partial charge in [0.1, 0.15) is 5.76 Å². The van der Waals surface area contributed by atoms with Gasteiger partial charge >= 0.3 is 0 Å². The smallest absolute Gasteiger partial charge is 0.261 e. The average Bonchev–Trinajstić information content (AvgIpc) is 3.20. The van der Waals surface area contributed by atoms with Crippen LogP contribution in [-0.2, 0) is 6.54 Å². The highest BCUT2D eigenvalue weighted by Crippen LogP contribution is 2.08. The summed E-state index contributed by atoms with van der Waals surface area (Å²) in [6.45, 7) is 5.60. The lowest BCUT2D eigenvalue weighted by Gasteiger charge is -2.10. The molecule has 0 spiro atoms. The minimum atomic E-state index is -0.0258. The number of rotatable bonds is 7. The summed E-state index contributed by atoms with van der Waals surface area (Å²) in [4.78, 5) is 21.0. The third-order valence-electron chi connectivity index (χ3n) is 3.38. The molecule has 0 saturated heterocycles. The van der Waals surface area contributed by atoms with Gasteiger partial charge in [0.05, 0.1) is 17.1 Å². The predicted molar refractivity (Wildman–Crippen MR) is 111 cm³/mol. The molecule has 25 heavy (non-hydrogen) atoms. The van der Waals surface area contributed by atoms with E-state index in [0.717, 1.165) is 22.8 Å². The molecular formula is C16H24IN5O2S. The molecule has 0 bridgehead atoms. The highest BCUT2D eigenvalue weighted by molar-refractivity contribution is 14.0. The SMILES string of the molecule is CN=C(NCCCNC(=O)c1cccs1)NCc1nc(C)c(C)o1.I. The summed E-state index contributed by atoms with van der Waals surface area (Å²) in [5.41, 5.74) is 0.899. The van der Waals surface area contributed by atoms with Crippen molar-refractivity contribution in [3.63, 3.8) is 0 Å². The van der Waals surface area contributed by atoms with E-state index in [0.29, 0.717) is 31.5 Å². The van der Waals surface area contributed by atoms with E-state index in [2.05, 4.69) is 25.9 Å². The molecule has 0 unspecified atom stereocenters. The number of carbonyl (C=O) groups excluding carboxylic acids is 1. The van der Waals surface area contributed by atoms with Gasteiger partial charge in [0.2, 0.25) is 5.89 Å². The topological polar surface area (TPSA) is 91.5 Å². The number of guanidine groups is 1. The normalized spacial score (nSPS) is 10.9. The lowest BCUT2D eigenvalue weighted by Crippen LogP contribution is -2.38. The Balaban J connectivity index is 0.00000312. The van der Waals surface area contributed by atoms with Crippen LogP contribution in [0.1, 0.15) is 33.4 Å². The minimum Gasteiger partial charge on any atom is -0.444 e. The van der Waals surface area contributed by atoms with Crippen molar-refractivity contribution in [2.24, 2.45) is 4.99 Å². The van der Waals surface area contributed by atoms with Crippen molar-refractivity contribution in [1.82, 2.24) is 20.9 Å². The van der Waals surface area contributed by atoms with E-state index in [-0.39, 0.29) is 29.9 Å². The molecule has 2 rings (SSSR count). The zero-order valence-electron chi connectivity index (χ0n) is 14.6. The van der Waals surface area contributed by atoms with Crippen LogP contribution in [0.15, 0.2) is 26.9 Å². The summed E-state index contributed by atoms with van der Waals surface area (Å²) in [5.74, 6) is 2.11. The van der Waals surface area contributed by atoms with Crippen LogP contribution in [0.25, 0.3) is 0 Å². The van der Waals surface area contributed by atoms with Gasteiger partial charge in [-0.3, -0.25) is 9.79 Å². The van der Waals surface area contributed by atoms with E-state index in [9.17, 15) is 4.79 Å². The molecule has 2 heterocycles. The van der Waals surface area contributed by atoms with Crippen LogP contribution in [0.4, 0.5) is 0 Å². The van der Waals surface area contributed by atoms with E-state index in [4.69, 9.17) is 4.42 Å². The number of aryl methyl sites for hydroxylation is 2. The predicted octanol–water partition coefficient (Wildman–Crippen LogP) is 2.46. The summed E-state index contributed by atoms with van der Waals surface area (Å²) in [6, 6.07) is 3.68. The van der Waals surface area contributed by atoms with Crippen LogP contribution in [0.2, 0.25) is 0 Å². The standard InChI is InChI=1S/C16H23N5O2S.HI/c1-11-12(2)23-14(21-11)10-20-16(17-3)19-8-5-7-18-15(22)13-6-4-9-24-13;/h4,6,9H,5,7-8,10H2,1-3H3,(H,18,22)(H2,17,19,20);1H. The van der Waals surface area contributed by atoms with E-state index in [1.54, 1.807) is 7.05 Å². The zero-order valence-corrected chi connectivity index (χ0v) is 17.7. The first-order chi connectivity index (χ1) is 11.6. The second-order valence-electron chi connectivity index (χ2n) is 5.19. The summed E-state index contributed by atoms with van der Waals surface area (Å²) >= 11 is 1.44. The fourth-order valence-electron chi connectivity index (χ4n) is 1.99. The van der Waals surface area contributed by atoms with Gasteiger partial charge in [-0.05, 0) is 31.7 Å². The van der Waals surface area contributed by atoms with Crippen LogP contribution < -0.4 is 16.0 Å². The molecule has 3 N–H and O–H groups in total. The second kappa shape index (κ2) is 11.1. The van der Waals surface area contributed by atoms with Crippen molar-refractivity contribution in [2.45, 2.75) is 26.8 Å². The van der Waals surface area contributed by atoms with Crippen LogP contribution in [0, 0.1) is 13.8 Å². The first-order valence-electron chi connectivity index (χ1n) is 7.79. The van der Waals surface area contributed by atoms with Crippen molar-refractivity contribution in [3.05, 3.63) is 39.7 Å². The first kappa shape index (κ1) is 21.4. The number of aromatic nitrogens is 1. The number of hydrogen-bond donors (Lipinski definition) is 3. The number of thiophene rings is 1. The van der Waals surface area contributed by atoms with Gasteiger partial charge in [-0.1, -0.05) is 6.07 Å².